The molecule has 7 nitrogen and oxygen atoms in total. The number of hydrogen-bond donors (Lipinski definition) is 2. The van der Waals surface area contributed by atoms with Crippen LogP contribution in [-0.2, 0) is 17.1 Å². The second kappa shape index (κ2) is 3.63. The number of hydrogen-bond acceptors (Lipinski definition) is 4. The van der Waals surface area contributed by atoms with Crippen LogP contribution in [0.3, 0.4) is 0 Å². The summed E-state index contributed by atoms with van der Waals surface area (Å²) >= 11 is 0. The molecule has 2 N–H and O–H groups in total. The fourth-order valence-electron chi connectivity index (χ4n) is 1.29. The lowest BCUT2D eigenvalue weighted by molar-refractivity contribution is 0.600. The smallest absolute Gasteiger partial charge is 0.266 e. The van der Waals surface area contributed by atoms with Gasteiger partial charge in [0.25, 0.3) is 10.0 Å². The van der Waals surface area contributed by atoms with E-state index in [-0.39, 0.29) is 4.90 Å². The first-order valence-corrected chi connectivity index (χ1v) is 5.99. The number of nitrogens with one attached hydrogen (secondary N) is 2. The number of sulfonamides is 1. The summed E-state index contributed by atoms with van der Waals surface area (Å²) in [6.07, 6.45) is 2.55. The Hall–Kier alpha value is -1.83. The Bertz CT molecular complexity index is 584. The molecule has 0 aliphatic heterocycles. The maximum Gasteiger partial charge on any atom is 0.266 e. The van der Waals surface area contributed by atoms with E-state index in [1.165, 1.54) is 17.1 Å². The third-order valence-electron chi connectivity index (χ3n) is 2.02. The zero-order chi connectivity index (χ0) is 11.8. The van der Waals surface area contributed by atoms with Crippen molar-refractivity contribution >= 4 is 15.8 Å². The molecule has 86 valence electrons. The zero-order valence-electron chi connectivity index (χ0n) is 8.80. The zero-order valence-corrected chi connectivity index (χ0v) is 9.61. The first kappa shape index (κ1) is 10.7. The Labute approximate surface area is 92.5 Å². The number of aryl methyl sites for hydroxylation is 2. The summed E-state index contributed by atoms with van der Waals surface area (Å²) < 4.78 is 27.5. The van der Waals surface area contributed by atoms with E-state index in [0.717, 1.165) is 5.69 Å². The van der Waals surface area contributed by atoms with Gasteiger partial charge in [0.2, 0.25) is 0 Å². The Morgan fingerprint density at radius 3 is 2.75 bits per heavy atom. The van der Waals surface area contributed by atoms with Gasteiger partial charge in [-0.1, -0.05) is 0 Å². The quantitative estimate of drug-likeness (QED) is 0.805. The van der Waals surface area contributed by atoms with E-state index in [1.807, 2.05) is 0 Å². The minimum atomic E-state index is -3.58. The Morgan fingerprint density at radius 1 is 1.50 bits per heavy atom. The molecule has 0 saturated carbocycles. The van der Waals surface area contributed by atoms with Crippen LogP contribution >= 0.6 is 0 Å². The van der Waals surface area contributed by atoms with Crippen molar-refractivity contribution in [3.63, 3.8) is 0 Å². The summed E-state index contributed by atoms with van der Waals surface area (Å²) in [5.41, 5.74) is 0.743. The number of H-pyrrole nitrogens is 1. The molecule has 0 saturated heterocycles. The van der Waals surface area contributed by atoms with Crippen LogP contribution in [0.5, 0.6) is 0 Å². The lowest BCUT2D eigenvalue weighted by atomic mass is 10.5. The van der Waals surface area contributed by atoms with Gasteiger partial charge >= 0.3 is 0 Å². The lowest BCUT2D eigenvalue weighted by Crippen LogP contribution is -2.14. The van der Waals surface area contributed by atoms with Crippen molar-refractivity contribution < 1.29 is 8.42 Å². The summed E-state index contributed by atoms with van der Waals surface area (Å²) in [6, 6.07) is 1.65. The minimum Gasteiger partial charge on any atom is -0.284 e. The molecule has 8 heteroatoms. The Balaban J connectivity index is 2.32. The molecule has 0 spiro atoms. The summed E-state index contributed by atoms with van der Waals surface area (Å²) in [5.74, 6) is 0.415. The molecule has 2 aromatic heterocycles. The van der Waals surface area contributed by atoms with Gasteiger partial charge < -0.3 is 0 Å². The van der Waals surface area contributed by atoms with Gasteiger partial charge in [0.05, 0.1) is 11.9 Å². The molecule has 0 atom stereocenters. The molecular weight excluding hydrogens is 230 g/mol. The average molecular weight is 241 g/mol. The largest absolute Gasteiger partial charge is 0.284 e. The number of aromatic nitrogens is 4. The third kappa shape index (κ3) is 1.91. The van der Waals surface area contributed by atoms with Crippen molar-refractivity contribution in [1.29, 1.82) is 0 Å². The summed E-state index contributed by atoms with van der Waals surface area (Å²) in [6.45, 7) is 1.79. The van der Waals surface area contributed by atoms with Gasteiger partial charge in [-0.25, -0.2) is 8.42 Å². The van der Waals surface area contributed by atoms with Crippen molar-refractivity contribution in [3.8, 4) is 0 Å². The van der Waals surface area contributed by atoms with Crippen LogP contribution in [0.2, 0.25) is 0 Å². The topological polar surface area (TPSA) is 92.7 Å². The molecule has 0 aliphatic rings. The third-order valence-corrected chi connectivity index (χ3v) is 3.35. The molecular formula is C8H11N5O2S. The summed E-state index contributed by atoms with van der Waals surface area (Å²) in [7, 11) is -1.92. The number of aromatic amines is 1. The standard InChI is InChI=1S/C8H11N5O2S/c1-6-3-8(13(2)11-6)12-16(14,15)7-4-9-10-5-7/h3-5,12H,1-2H3,(H,9,10). The van der Waals surface area contributed by atoms with Crippen molar-refractivity contribution in [2.45, 2.75) is 11.8 Å². The van der Waals surface area contributed by atoms with Crippen molar-refractivity contribution in [3.05, 3.63) is 24.2 Å². The average Bonchev–Trinajstić information content (AvgIpc) is 2.76. The van der Waals surface area contributed by atoms with E-state index < -0.39 is 10.0 Å². The number of anilines is 1. The molecule has 16 heavy (non-hydrogen) atoms. The van der Waals surface area contributed by atoms with Gasteiger partial charge in [0.1, 0.15) is 10.7 Å². The maximum absolute atomic E-state index is 11.8. The van der Waals surface area contributed by atoms with Crippen LogP contribution in [0.25, 0.3) is 0 Å². The molecule has 0 amide bonds. The van der Waals surface area contributed by atoms with Crippen LogP contribution < -0.4 is 4.72 Å². The second-order valence-electron chi connectivity index (χ2n) is 3.33. The van der Waals surface area contributed by atoms with E-state index in [9.17, 15) is 8.42 Å². The minimum absolute atomic E-state index is 0.0892. The highest BCUT2D eigenvalue weighted by atomic mass is 32.2. The van der Waals surface area contributed by atoms with E-state index >= 15 is 0 Å². The normalized spacial score (nSPS) is 11.6. The van der Waals surface area contributed by atoms with Gasteiger partial charge in [0, 0.05) is 19.3 Å². The van der Waals surface area contributed by atoms with Gasteiger partial charge in [-0.3, -0.25) is 14.5 Å². The maximum atomic E-state index is 11.8. The molecule has 2 heterocycles. The van der Waals surface area contributed by atoms with E-state index in [2.05, 4.69) is 20.0 Å². The van der Waals surface area contributed by atoms with E-state index in [0.29, 0.717) is 5.82 Å². The molecule has 0 aromatic carbocycles. The second-order valence-corrected chi connectivity index (χ2v) is 5.02. The SMILES string of the molecule is Cc1cc(NS(=O)(=O)c2cn[nH]c2)n(C)n1. The molecule has 0 bridgehead atoms. The molecule has 2 rings (SSSR count). The predicted octanol–water partition coefficient (Wildman–Crippen LogP) is 0.252. The molecule has 0 unspecified atom stereocenters. The first-order chi connectivity index (χ1) is 7.49. The summed E-state index contributed by atoms with van der Waals surface area (Å²) in [5, 5.41) is 10.1. The van der Waals surface area contributed by atoms with Crippen LogP contribution in [0.15, 0.2) is 23.4 Å². The fraction of sp³-hybridized carbons (Fsp3) is 0.250. The highest BCUT2D eigenvalue weighted by Gasteiger charge is 2.17. The first-order valence-electron chi connectivity index (χ1n) is 4.51. The molecule has 0 aliphatic carbocycles. The van der Waals surface area contributed by atoms with Crippen molar-refractivity contribution in [2.75, 3.05) is 4.72 Å². The Morgan fingerprint density at radius 2 is 2.25 bits per heavy atom. The van der Waals surface area contributed by atoms with Gasteiger partial charge in [-0.2, -0.15) is 10.2 Å². The Kier molecular flexibility index (Phi) is 2.43. The van der Waals surface area contributed by atoms with Crippen LogP contribution in [-0.4, -0.2) is 28.4 Å². The van der Waals surface area contributed by atoms with Crippen molar-refractivity contribution in [1.82, 2.24) is 20.0 Å². The van der Waals surface area contributed by atoms with Crippen molar-refractivity contribution in [2.24, 2.45) is 7.05 Å². The van der Waals surface area contributed by atoms with E-state index in [1.54, 1.807) is 20.0 Å². The van der Waals surface area contributed by atoms with Crippen LogP contribution in [0, 0.1) is 6.92 Å². The van der Waals surface area contributed by atoms with E-state index in [4.69, 9.17) is 0 Å². The van der Waals surface area contributed by atoms with Gasteiger partial charge in [-0.15, -0.1) is 0 Å². The molecule has 0 fully saturated rings. The van der Waals surface area contributed by atoms with Crippen LogP contribution in [0.1, 0.15) is 5.69 Å². The van der Waals surface area contributed by atoms with Gasteiger partial charge in [0.15, 0.2) is 0 Å². The predicted molar refractivity (Wildman–Crippen MR) is 57.3 cm³/mol. The van der Waals surface area contributed by atoms with Gasteiger partial charge in [-0.05, 0) is 6.92 Å². The number of nitrogens with zero attached hydrogens (tertiary/aromatic N) is 3. The number of rotatable bonds is 3. The fourth-order valence-corrected chi connectivity index (χ4v) is 2.27. The highest BCUT2D eigenvalue weighted by Crippen LogP contribution is 2.14. The molecule has 0 radical (unpaired) electrons. The van der Waals surface area contributed by atoms with Crippen LogP contribution in [0.4, 0.5) is 5.82 Å². The lowest BCUT2D eigenvalue weighted by Gasteiger charge is -2.05. The molecule has 2 aromatic rings. The highest BCUT2D eigenvalue weighted by molar-refractivity contribution is 7.92. The monoisotopic (exact) mass is 241 g/mol. The summed E-state index contributed by atoms with van der Waals surface area (Å²) in [4.78, 5) is 0.0892.